The van der Waals surface area contributed by atoms with Gasteiger partial charge in [-0.2, -0.15) is 0 Å². The molecule has 0 unspecified atom stereocenters. The van der Waals surface area contributed by atoms with Crippen LogP contribution < -0.4 is 16.6 Å². The van der Waals surface area contributed by atoms with E-state index in [9.17, 15) is 15.2 Å². The van der Waals surface area contributed by atoms with Crippen molar-refractivity contribution in [3.8, 4) is 0 Å². The van der Waals surface area contributed by atoms with Gasteiger partial charge in [0.1, 0.15) is 11.6 Å². The molecule has 8 nitrogen and oxygen atoms in total. The van der Waals surface area contributed by atoms with Crippen molar-refractivity contribution in [2.24, 2.45) is 5.84 Å². The monoisotopic (exact) mass is 267 g/mol. The molecule has 0 bridgehead atoms. The highest BCUT2D eigenvalue weighted by Crippen LogP contribution is 2.33. The maximum atomic E-state index is 10.8. The molecule has 1 aromatic heterocycles. The van der Waals surface area contributed by atoms with E-state index in [-0.39, 0.29) is 18.1 Å². The summed E-state index contributed by atoms with van der Waals surface area (Å²) >= 11 is 0. The average molecular weight is 267 g/mol. The van der Waals surface area contributed by atoms with Crippen LogP contribution in [0.1, 0.15) is 25.7 Å². The number of nitrogens with one attached hydrogen (secondary N) is 2. The number of hydrogen-bond donors (Lipinski definition) is 4. The van der Waals surface area contributed by atoms with Gasteiger partial charge in [-0.05, 0) is 12.8 Å². The largest absolute Gasteiger partial charge is 0.394 e. The van der Waals surface area contributed by atoms with Gasteiger partial charge in [0, 0.05) is 0 Å². The Morgan fingerprint density at radius 2 is 2.05 bits per heavy atom. The highest BCUT2D eigenvalue weighted by Gasteiger charge is 2.33. The molecule has 1 heterocycles. The molecule has 2 rings (SSSR count). The average Bonchev–Trinajstić information content (AvgIpc) is 2.87. The van der Waals surface area contributed by atoms with Crippen molar-refractivity contribution >= 4 is 17.3 Å². The first-order chi connectivity index (χ1) is 9.08. The Labute approximate surface area is 110 Å². The molecule has 1 aliphatic rings. The summed E-state index contributed by atoms with van der Waals surface area (Å²) in [5.41, 5.74) is 1.76. The second-order valence-corrected chi connectivity index (χ2v) is 4.77. The maximum Gasteiger partial charge on any atom is 0.276 e. The molecule has 1 saturated carbocycles. The molecule has 0 amide bonds. The molecule has 5 N–H and O–H groups in total. The van der Waals surface area contributed by atoms with Gasteiger partial charge in [-0.3, -0.25) is 10.1 Å². The number of hydrazine groups is 1. The zero-order chi connectivity index (χ0) is 13.9. The predicted molar refractivity (Wildman–Crippen MR) is 70.6 cm³/mol. The molecule has 0 aliphatic heterocycles. The molecule has 0 spiro atoms. The van der Waals surface area contributed by atoms with E-state index in [0.29, 0.717) is 5.82 Å². The summed E-state index contributed by atoms with van der Waals surface area (Å²) < 4.78 is 0. The van der Waals surface area contributed by atoms with Crippen LogP contribution in [-0.2, 0) is 0 Å². The molecule has 0 aromatic carbocycles. The van der Waals surface area contributed by atoms with Crippen molar-refractivity contribution < 1.29 is 10.0 Å². The van der Waals surface area contributed by atoms with E-state index in [4.69, 9.17) is 5.84 Å². The molecule has 0 radical (unpaired) electrons. The minimum absolute atomic E-state index is 0.0250. The summed E-state index contributed by atoms with van der Waals surface area (Å²) in [5, 5.41) is 23.5. The van der Waals surface area contributed by atoms with Crippen LogP contribution in [0.2, 0.25) is 0 Å². The quantitative estimate of drug-likeness (QED) is 0.356. The van der Waals surface area contributed by atoms with E-state index in [2.05, 4.69) is 15.7 Å². The van der Waals surface area contributed by atoms with Crippen molar-refractivity contribution in [1.82, 2.24) is 4.98 Å². The van der Waals surface area contributed by atoms with Gasteiger partial charge in [0.15, 0.2) is 0 Å². The Morgan fingerprint density at radius 3 is 2.58 bits per heavy atom. The normalized spacial score (nSPS) is 17.2. The molecule has 1 fully saturated rings. The third-order valence-corrected chi connectivity index (χ3v) is 3.43. The number of nitrogen functional groups attached to an aromatic ring is 1. The van der Waals surface area contributed by atoms with Crippen molar-refractivity contribution in [2.75, 3.05) is 17.3 Å². The van der Waals surface area contributed by atoms with E-state index < -0.39 is 10.5 Å². The number of aromatic nitrogens is 1. The highest BCUT2D eigenvalue weighted by molar-refractivity contribution is 5.55. The first-order valence-corrected chi connectivity index (χ1v) is 6.11. The molecule has 0 atom stereocenters. The zero-order valence-corrected chi connectivity index (χ0v) is 10.4. The topological polar surface area (TPSA) is 126 Å². The maximum absolute atomic E-state index is 10.8. The molecule has 0 saturated heterocycles. The fourth-order valence-corrected chi connectivity index (χ4v) is 2.41. The summed E-state index contributed by atoms with van der Waals surface area (Å²) in [4.78, 5) is 14.5. The molecular formula is C11H17N5O3. The van der Waals surface area contributed by atoms with Crippen molar-refractivity contribution in [1.29, 1.82) is 0 Å². The number of rotatable bonds is 5. The Kier molecular flexibility index (Phi) is 3.82. The number of nitro groups is 1. The zero-order valence-electron chi connectivity index (χ0n) is 10.4. The highest BCUT2D eigenvalue weighted by atomic mass is 16.6. The summed E-state index contributed by atoms with van der Waals surface area (Å²) in [6.07, 6.45) is 3.67. The first kappa shape index (κ1) is 13.5. The standard InChI is InChI=1S/C11H17N5O3/c12-15-10-6-8(16(18)19)5-9(13-10)14-11(7-17)3-1-2-4-11/h5-6,17H,1-4,7,12H2,(H2,13,14,15). The lowest BCUT2D eigenvalue weighted by atomic mass is 9.99. The Balaban J connectivity index is 2.28. The molecule has 104 valence electrons. The molecule has 1 aromatic rings. The van der Waals surface area contributed by atoms with Crippen LogP contribution in [0.25, 0.3) is 0 Å². The number of hydrogen-bond acceptors (Lipinski definition) is 7. The van der Waals surface area contributed by atoms with Crippen LogP contribution in [0, 0.1) is 10.1 Å². The SMILES string of the molecule is NNc1cc([N+](=O)[O-])cc(NC2(CO)CCCC2)n1. The van der Waals surface area contributed by atoms with E-state index >= 15 is 0 Å². The fourth-order valence-electron chi connectivity index (χ4n) is 2.41. The second-order valence-electron chi connectivity index (χ2n) is 4.77. The number of aliphatic hydroxyl groups is 1. The van der Waals surface area contributed by atoms with Crippen molar-refractivity contribution in [2.45, 2.75) is 31.2 Å². The Bertz CT molecular complexity index is 473. The van der Waals surface area contributed by atoms with Gasteiger partial charge in [-0.25, -0.2) is 10.8 Å². The number of aliphatic hydroxyl groups excluding tert-OH is 1. The van der Waals surface area contributed by atoms with E-state index in [0.717, 1.165) is 25.7 Å². The molecular weight excluding hydrogens is 250 g/mol. The van der Waals surface area contributed by atoms with Crippen LogP contribution in [0.5, 0.6) is 0 Å². The molecule has 8 heteroatoms. The van der Waals surface area contributed by atoms with E-state index in [1.54, 1.807) is 0 Å². The Morgan fingerprint density at radius 1 is 1.42 bits per heavy atom. The minimum atomic E-state index is -0.506. The van der Waals surface area contributed by atoms with Crippen LogP contribution in [-0.4, -0.2) is 27.2 Å². The third-order valence-electron chi connectivity index (χ3n) is 3.43. The van der Waals surface area contributed by atoms with Gasteiger partial charge < -0.3 is 15.8 Å². The minimum Gasteiger partial charge on any atom is -0.394 e. The lowest BCUT2D eigenvalue weighted by molar-refractivity contribution is -0.384. The predicted octanol–water partition coefficient (Wildman–Crippen LogP) is 0.992. The van der Waals surface area contributed by atoms with E-state index in [1.807, 2.05) is 0 Å². The third kappa shape index (κ3) is 2.91. The smallest absolute Gasteiger partial charge is 0.276 e. The van der Waals surface area contributed by atoms with Crippen LogP contribution >= 0.6 is 0 Å². The summed E-state index contributed by atoms with van der Waals surface area (Å²) in [5.74, 6) is 5.81. The molecule has 1 aliphatic carbocycles. The summed E-state index contributed by atoms with van der Waals surface area (Å²) in [6.45, 7) is -0.0250. The van der Waals surface area contributed by atoms with Crippen LogP contribution in [0.4, 0.5) is 17.3 Å². The second kappa shape index (κ2) is 5.37. The van der Waals surface area contributed by atoms with E-state index in [1.165, 1.54) is 12.1 Å². The summed E-state index contributed by atoms with van der Waals surface area (Å²) in [6, 6.07) is 2.60. The molecule has 19 heavy (non-hydrogen) atoms. The summed E-state index contributed by atoms with van der Waals surface area (Å²) in [7, 11) is 0. The number of pyridine rings is 1. The lowest BCUT2D eigenvalue weighted by Gasteiger charge is -2.28. The number of nitrogens with zero attached hydrogens (tertiary/aromatic N) is 2. The number of nitrogens with two attached hydrogens (primary N) is 1. The Hall–Kier alpha value is -1.93. The fraction of sp³-hybridized carbons (Fsp3) is 0.545. The first-order valence-electron chi connectivity index (χ1n) is 6.11. The van der Waals surface area contributed by atoms with Gasteiger partial charge >= 0.3 is 0 Å². The van der Waals surface area contributed by atoms with Gasteiger partial charge in [0.05, 0.1) is 29.2 Å². The van der Waals surface area contributed by atoms with Crippen LogP contribution in [0.15, 0.2) is 12.1 Å². The van der Waals surface area contributed by atoms with Gasteiger partial charge in [-0.1, -0.05) is 12.8 Å². The van der Waals surface area contributed by atoms with Gasteiger partial charge in [0.25, 0.3) is 5.69 Å². The van der Waals surface area contributed by atoms with Crippen molar-refractivity contribution in [3.05, 3.63) is 22.2 Å². The van der Waals surface area contributed by atoms with Gasteiger partial charge in [-0.15, -0.1) is 0 Å². The van der Waals surface area contributed by atoms with Crippen LogP contribution in [0.3, 0.4) is 0 Å². The van der Waals surface area contributed by atoms with Crippen molar-refractivity contribution in [3.63, 3.8) is 0 Å². The van der Waals surface area contributed by atoms with Gasteiger partial charge in [0.2, 0.25) is 0 Å². The lowest BCUT2D eigenvalue weighted by Crippen LogP contribution is -2.39. The number of anilines is 2.